The number of rotatable bonds is 8. The average Bonchev–Trinajstić information content (AvgIpc) is 2.49. The Balaban J connectivity index is 1.73. The zero-order valence-corrected chi connectivity index (χ0v) is 12.8. The van der Waals surface area contributed by atoms with Crippen LogP contribution in [0, 0.1) is 0 Å². The van der Waals surface area contributed by atoms with E-state index in [0.29, 0.717) is 19.3 Å². The van der Waals surface area contributed by atoms with E-state index >= 15 is 0 Å². The number of nitrogens with one attached hydrogen (secondary N) is 1. The Morgan fingerprint density at radius 2 is 1.90 bits per heavy atom. The standard InChI is InChI=1S/C17H27NO2/c1-3-4-5-6-7-14(2)18-13-15-8-9-16-17(12-15)20-11-10-19-16/h8-9,12,14,18H,3-7,10-11,13H2,1-2H3. The fourth-order valence-electron chi connectivity index (χ4n) is 2.47. The summed E-state index contributed by atoms with van der Waals surface area (Å²) in [4.78, 5) is 0. The molecule has 0 aromatic heterocycles. The molecule has 3 nitrogen and oxygen atoms in total. The van der Waals surface area contributed by atoms with Gasteiger partial charge in [-0.25, -0.2) is 0 Å². The van der Waals surface area contributed by atoms with Crippen LogP contribution < -0.4 is 14.8 Å². The maximum absolute atomic E-state index is 5.61. The topological polar surface area (TPSA) is 30.5 Å². The van der Waals surface area contributed by atoms with E-state index in [9.17, 15) is 0 Å². The van der Waals surface area contributed by atoms with Crippen LogP contribution in [0.25, 0.3) is 0 Å². The summed E-state index contributed by atoms with van der Waals surface area (Å²) >= 11 is 0. The van der Waals surface area contributed by atoms with Gasteiger partial charge in [-0.05, 0) is 31.0 Å². The smallest absolute Gasteiger partial charge is 0.161 e. The fraction of sp³-hybridized carbons (Fsp3) is 0.647. The van der Waals surface area contributed by atoms with Gasteiger partial charge in [-0.1, -0.05) is 38.7 Å². The molecule has 1 N–H and O–H groups in total. The van der Waals surface area contributed by atoms with Crippen molar-refractivity contribution in [3.63, 3.8) is 0 Å². The van der Waals surface area contributed by atoms with Gasteiger partial charge in [0.1, 0.15) is 13.2 Å². The summed E-state index contributed by atoms with van der Waals surface area (Å²) in [6, 6.07) is 6.78. The van der Waals surface area contributed by atoms with Crippen LogP contribution >= 0.6 is 0 Å². The number of hydrogen-bond donors (Lipinski definition) is 1. The molecule has 0 radical (unpaired) electrons. The molecule has 1 aromatic carbocycles. The Labute approximate surface area is 122 Å². The second-order valence-electron chi connectivity index (χ2n) is 5.61. The van der Waals surface area contributed by atoms with Crippen LogP contribution in [0.4, 0.5) is 0 Å². The zero-order valence-electron chi connectivity index (χ0n) is 12.8. The van der Waals surface area contributed by atoms with Gasteiger partial charge in [-0.2, -0.15) is 0 Å². The summed E-state index contributed by atoms with van der Waals surface area (Å²) in [5.74, 6) is 1.75. The monoisotopic (exact) mass is 277 g/mol. The summed E-state index contributed by atoms with van der Waals surface area (Å²) in [7, 11) is 0. The molecule has 0 aliphatic carbocycles. The minimum absolute atomic E-state index is 0.569. The highest BCUT2D eigenvalue weighted by atomic mass is 16.6. The number of fused-ring (bicyclic) bond motifs is 1. The largest absolute Gasteiger partial charge is 0.486 e. The maximum Gasteiger partial charge on any atom is 0.161 e. The van der Waals surface area contributed by atoms with Crippen molar-refractivity contribution in [3.05, 3.63) is 23.8 Å². The third-order valence-corrected chi connectivity index (χ3v) is 3.75. The molecule has 0 spiro atoms. The lowest BCUT2D eigenvalue weighted by Gasteiger charge is -2.19. The lowest BCUT2D eigenvalue weighted by molar-refractivity contribution is 0.171. The van der Waals surface area contributed by atoms with Crippen LogP contribution in [0.1, 0.15) is 51.5 Å². The van der Waals surface area contributed by atoms with E-state index < -0.39 is 0 Å². The molecule has 0 bridgehead atoms. The van der Waals surface area contributed by atoms with Crippen molar-refractivity contribution in [1.82, 2.24) is 5.32 Å². The van der Waals surface area contributed by atoms with Gasteiger partial charge in [-0.3, -0.25) is 0 Å². The van der Waals surface area contributed by atoms with Gasteiger partial charge < -0.3 is 14.8 Å². The van der Waals surface area contributed by atoms with Crippen LogP contribution in [0.15, 0.2) is 18.2 Å². The van der Waals surface area contributed by atoms with E-state index in [1.54, 1.807) is 0 Å². The highest BCUT2D eigenvalue weighted by Gasteiger charge is 2.11. The first-order valence-corrected chi connectivity index (χ1v) is 7.91. The van der Waals surface area contributed by atoms with Gasteiger partial charge >= 0.3 is 0 Å². The minimum Gasteiger partial charge on any atom is -0.486 e. The molecule has 1 heterocycles. The molecule has 1 aromatic rings. The number of ether oxygens (including phenoxy) is 2. The van der Waals surface area contributed by atoms with E-state index in [-0.39, 0.29) is 0 Å². The molecule has 0 amide bonds. The first-order chi connectivity index (χ1) is 9.79. The van der Waals surface area contributed by atoms with Gasteiger partial charge in [0.05, 0.1) is 0 Å². The van der Waals surface area contributed by atoms with Crippen molar-refractivity contribution in [3.8, 4) is 11.5 Å². The molecule has 1 aliphatic heterocycles. The average molecular weight is 277 g/mol. The SMILES string of the molecule is CCCCCCC(C)NCc1ccc2c(c1)OCCO2. The van der Waals surface area contributed by atoms with E-state index in [1.165, 1.54) is 37.7 Å². The molecule has 3 heteroatoms. The summed E-state index contributed by atoms with van der Waals surface area (Å²) in [6.45, 7) is 6.72. The van der Waals surface area contributed by atoms with Crippen molar-refractivity contribution in [1.29, 1.82) is 0 Å². The molecule has 2 rings (SSSR count). The Kier molecular flexibility index (Phi) is 6.19. The van der Waals surface area contributed by atoms with Gasteiger partial charge in [0.15, 0.2) is 11.5 Å². The molecule has 0 saturated heterocycles. The van der Waals surface area contributed by atoms with E-state index in [4.69, 9.17) is 9.47 Å². The first-order valence-electron chi connectivity index (χ1n) is 7.91. The second-order valence-corrected chi connectivity index (χ2v) is 5.61. The normalized spacial score (nSPS) is 15.1. The molecule has 112 valence electrons. The van der Waals surface area contributed by atoms with Crippen molar-refractivity contribution >= 4 is 0 Å². The lowest BCUT2D eigenvalue weighted by atomic mass is 10.1. The van der Waals surface area contributed by atoms with Gasteiger partial charge in [0.25, 0.3) is 0 Å². The molecule has 1 atom stereocenters. The predicted molar refractivity (Wildman–Crippen MR) is 82.5 cm³/mol. The highest BCUT2D eigenvalue weighted by molar-refractivity contribution is 5.43. The van der Waals surface area contributed by atoms with E-state index in [1.807, 2.05) is 6.07 Å². The molecular formula is C17H27NO2. The Morgan fingerprint density at radius 3 is 2.70 bits per heavy atom. The molecule has 0 fully saturated rings. The summed E-state index contributed by atoms with van der Waals surface area (Å²) < 4.78 is 11.1. The quantitative estimate of drug-likeness (QED) is 0.731. The van der Waals surface area contributed by atoms with Crippen molar-refractivity contribution in [2.75, 3.05) is 13.2 Å². The Bertz CT molecular complexity index is 406. The zero-order chi connectivity index (χ0) is 14.2. The predicted octanol–water partition coefficient (Wildman–Crippen LogP) is 3.91. The van der Waals surface area contributed by atoms with Crippen LogP contribution in [0.3, 0.4) is 0 Å². The van der Waals surface area contributed by atoms with Crippen molar-refractivity contribution < 1.29 is 9.47 Å². The molecule has 1 aliphatic rings. The van der Waals surface area contributed by atoms with Gasteiger partial charge in [0, 0.05) is 12.6 Å². The highest BCUT2D eigenvalue weighted by Crippen LogP contribution is 2.30. The maximum atomic E-state index is 5.61. The van der Waals surface area contributed by atoms with Crippen LogP contribution in [-0.2, 0) is 6.54 Å². The molecule has 20 heavy (non-hydrogen) atoms. The number of benzene rings is 1. The van der Waals surface area contributed by atoms with Crippen LogP contribution in [0.5, 0.6) is 11.5 Å². The first kappa shape index (κ1) is 15.2. The Morgan fingerprint density at radius 1 is 1.10 bits per heavy atom. The number of hydrogen-bond acceptors (Lipinski definition) is 3. The van der Waals surface area contributed by atoms with Gasteiger partial charge in [-0.15, -0.1) is 0 Å². The summed E-state index contributed by atoms with van der Waals surface area (Å²) in [5, 5.41) is 3.59. The van der Waals surface area contributed by atoms with Gasteiger partial charge in [0.2, 0.25) is 0 Å². The summed E-state index contributed by atoms with van der Waals surface area (Å²) in [5.41, 5.74) is 1.26. The molecular weight excluding hydrogens is 250 g/mol. The Hall–Kier alpha value is -1.22. The van der Waals surface area contributed by atoms with E-state index in [2.05, 4.69) is 31.3 Å². The van der Waals surface area contributed by atoms with Crippen molar-refractivity contribution in [2.45, 2.75) is 58.5 Å². The van der Waals surface area contributed by atoms with E-state index in [0.717, 1.165) is 18.0 Å². The van der Waals surface area contributed by atoms with Crippen LogP contribution in [0.2, 0.25) is 0 Å². The summed E-state index contributed by atoms with van der Waals surface area (Å²) in [6.07, 6.45) is 6.59. The third-order valence-electron chi connectivity index (χ3n) is 3.75. The number of unbranched alkanes of at least 4 members (excludes halogenated alkanes) is 3. The fourth-order valence-corrected chi connectivity index (χ4v) is 2.47. The van der Waals surface area contributed by atoms with Crippen molar-refractivity contribution in [2.24, 2.45) is 0 Å². The lowest BCUT2D eigenvalue weighted by Crippen LogP contribution is -2.25. The molecule has 0 saturated carbocycles. The molecule has 1 unspecified atom stereocenters. The van der Waals surface area contributed by atoms with Crippen LogP contribution in [-0.4, -0.2) is 19.3 Å². The second kappa shape index (κ2) is 8.15. The minimum atomic E-state index is 0.569. The third kappa shape index (κ3) is 4.71.